The highest BCUT2D eigenvalue weighted by Gasteiger charge is 2.26. The van der Waals surface area contributed by atoms with Crippen molar-refractivity contribution < 1.29 is 4.79 Å². The van der Waals surface area contributed by atoms with Gasteiger partial charge in [-0.3, -0.25) is 14.7 Å². The third-order valence-electron chi connectivity index (χ3n) is 4.53. The summed E-state index contributed by atoms with van der Waals surface area (Å²) in [7, 11) is 0. The molecule has 25 heavy (non-hydrogen) atoms. The Labute approximate surface area is 152 Å². The van der Waals surface area contributed by atoms with Crippen LogP contribution in [-0.4, -0.2) is 53.0 Å². The molecule has 1 aromatic carbocycles. The molecule has 0 spiro atoms. The van der Waals surface area contributed by atoms with Crippen molar-refractivity contribution in [2.45, 2.75) is 19.5 Å². The summed E-state index contributed by atoms with van der Waals surface area (Å²) < 4.78 is 0. The molecular weight excluding hydrogens is 338 g/mol. The van der Waals surface area contributed by atoms with Crippen LogP contribution in [0.1, 0.15) is 12.5 Å². The standard InChI is InChI=1S/C18H22ClN5O/c1-14(18(25)22-12-15-4-2-3-5-16(15)19)23-8-10-24(11-9-23)17-13-20-6-7-21-17/h2-7,13-14H,8-12H2,1H3,(H,22,25). The zero-order valence-electron chi connectivity index (χ0n) is 14.2. The lowest BCUT2D eigenvalue weighted by Crippen LogP contribution is -2.54. The van der Waals surface area contributed by atoms with Crippen molar-refractivity contribution in [3.8, 4) is 0 Å². The lowest BCUT2D eigenvalue weighted by molar-refractivity contribution is -0.126. The van der Waals surface area contributed by atoms with Gasteiger partial charge in [-0.15, -0.1) is 0 Å². The van der Waals surface area contributed by atoms with Crippen molar-refractivity contribution in [2.75, 3.05) is 31.1 Å². The molecule has 6 nitrogen and oxygen atoms in total. The molecule has 1 aromatic heterocycles. The number of benzene rings is 1. The first-order chi connectivity index (χ1) is 12.1. The Morgan fingerprint density at radius 2 is 2.00 bits per heavy atom. The lowest BCUT2D eigenvalue weighted by atomic mass is 10.2. The van der Waals surface area contributed by atoms with E-state index in [1.165, 1.54) is 0 Å². The largest absolute Gasteiger partial charge is 0.353 e. The normalized spacial score (nSPS) is 16.5. The minimum absolute atomic E-state index is 0.0212. The topological polar surface area (TPSA) is 61.4 Å². The average Bonchev–Trinajstić information content (AvgIpc) is 2.67. The van der Waals surface area contributed by atoms with Gasteiger partial charge in [0.1, 0.15) is 5.82 Å². The minimum Gasteiger partial charge on any atom is -0.353 e. The van der Waals surface area contributed by atoms with E-state index in [9.17, 15) is 4.79 Å². The van der Waals surface area contributed by atoms with E-state index in [1.807, 2.05) is 31.2 Å². The molecule has 1 atom stereocenters. The van der Waals surface area contributed by atoms with E-state index in [-0.39, 0.29) is 11.9 Å². The Morgan fingerprint density at radius 1 is 1.24 bits per heavy atom. The van der Waals surface area contributed by atoms with Gasteiger partial charge in [0, 0.05) is 50.1 Å². The fourth-order valence-electron chi connectivity index (χ4n) is 2.93. The SMILES string of the molecule is CC(C(=O)NCc1ccccc1Cl)N1CCN(c2cnccn2)CC1. The zero-order valence-corrected chi connectivity index (χ0v) is 15.0. The highest BCUT2D eigenvalue weighted by Crippen LogP contribution is 2.15. The highest BCUT2D eigenvalue weighted by molar-refractivity contribution is 6.31. The van der Waals surface area contributed by atoms with Gasteiger partial charge in [0.25, 0.3) is 0 Å². The number of nitrogens with zero attached hydrogens (tertiary/aromatic N) is 4. The number of halogens is 1. The molecule has 132 valence electrons. The molecule has 3 rings (SSSR count). The molecule has 7 heteroatoms. The van der Waals surface area contributed by atoms with E-state index < -0.39 is 0 Å². The summed E-state index contributed by atoms with van der Waals surface area (Å²) in [5.74, 6) is 0.908. The van der Waals surface area contributed by atoms with E-state index >= 15 is 0 Å². The molecule has 0 bridgehead atoms. The Morgan fingerprint density at radius 3 is 2.68 bits per heavy atom. The predicted octanol–water partition coefficient (Wildman–Crippen LogP) is 1.96. The van der Waals surface area contributed by atoms with Gasteiger partial charge in [-0.2, -0.15) is 0 Å². The smallest absolute Gasteiger partial charge is 0.237 e. The maximum atomic E-state index is 12.4. The number of amides is 1. The van der Waals surface area contributed by atoms with E-state index in [2.05, 4.69) is 25.1 Å². The molecule has 1 N–H and O–H groups in total. The second-order valence-electron chi connectivity index (χ2n) is 6.07. The summed E-state index contributed by atoms with van der Waals surface area (Å²) >= 11 is 6.13. The van der Waals surface area contributed by atoms with Gasteiger partial charge in [-0.25, -0.2) is 4.98 Å². The zero-order chi connectivity index (χ0) is 17.6. The van der Waals surface area contributed by atoms with Gasteiger partial charge in [-0.05, 0) is 18.6 Å². The first kappa shape index (κ1) is 17.6. The highest BCUT2D eigenvalue weighted by atomic mass is 35.5. The molecular formula is C18H22ClN5O. The van der Waals surface area contributed by atoms with Gasteiger partial charge < -0.3 is 10.2 Å². The maximum absolute atomic E-state index is 12.4. The Balaban J connectivity index is 1.49. The number of rotatable bonds is 5. The van der Waals surface area contributed by atoms with E-state index in [1.54, 1.807) is 18.6 Å². The summed E-state index contributed by atoms with van der Waals surface area (Å²) in [5, 5.41) is 3.65. The third kappa shape index (κ3) is 4.46. The Kier molecular flexibility index (Phi) is 5.83. The van der Waals surface area contributed by atoms with Crippen molar-refractivity contribution in [3.05, 3.63) is 53.4 Å². The number of nitrogens with one attached hydrogen (secondary N) is 1. The number of anilines is 1. The number of aromatic nitrogens is 2. The van der Waals surface area contributed by atoms with Crippen molar-refractivity contribution in [1.29, 1.82) is 0 Å². The number of carbonyl (C=O) groups excluding carboxylic acids is 1. The van der Waals surface area contributed by atoms with Gasteiger partial charge in [0.2, 0.25) is 5.91 Å². The second kappa shape index (κ2) is 8.27. The first-order valence-electron chi connectivity index (χ1n) is 8.41. The number of hydrogen-bond donors (Lipinski definition) is 1. The summed E-state index contributed by atoms with van der Waals surface area (Å²) in [6, 6.07) is 7.38. The number of piperazine rings is 1. The maximum Gasteiger partial charge on any atom is 0.237 e. The fraction of sp³-hybridized carbons (Fsp3) is 0.389. The predicted molar refractivity (Wildman–Crippen MR) is 98.6 cm³/mol. The van der Waals surface area contributed by atoms with Crippen molar-refractivity contribution in [1.82, 2.24) is 20.2 Å². The summed E-state index contributed by atoms with van der Waals surface area (Å²) in [4.78, 5) is 25.3. The van der Waals surface area contributed by atoms with Crippen molar-refractivity contribution in [3.63, 3.8) is 0 Å². The van der Waals surface area contributed by atoms with E-state index in [4.69, 9.17) is 11.6 Å². The van der Waals surface area contributed by atoms with Crippen LogP contribution in [0, 0.1) is 0 Å². The van der Waals surface area contributed by atoms with Crippen LogP contribution < -0.4 is 10.2 Å². The second-order valence-corrected chi connectivity index (χ2v) is 6.48. The molecule has 0 radical (unpaired) electrons. The summed E-state index contributed by atoms with van der Waals surface area (Å²) in [6.45, 7) is 5.69. The third-order valence-corrected chi connectivity index (χ3v) is 4.89. The van der Waals surface area contributed by atoms with Crippen LogP contribution in [-0.2, 0) is 11.3 Å². The van der Waals surface area contributed by atoms with Gasteiger partial charge in [0.05, 0.1) is 12.2 Å². The van der Waals surface area contributed by atoms with Gasteiger partial charge >= 0.3 is 0 Å². The molecule has 1 saturated heterocycles. The molecule has 0 aliphatic carbocycles. The minimum atomic E-state index is -0.175. The summed E-state index contributed by atoms with van der Waals surface area (Å²) in [5.41, 5.74) is 0.928. The monoisotopic (exact) mass is 359 g/mol. The molecule has 1 unspecified atom stereocenters. The number of carbonyl (C=O) groups is 1. The Hall–Kier alpha value is -2.18. The van der Waals surface area contributed by atoms with E-state index in [0.717, 1.165) is 37.6 Å². The molecule has 1 fully saturated rings. The molecule has 1 aliphatic rings. The van der Waals surface area contributed by atoms with Crippen LogP contribution in [0.3, 0.4) is 0 Å². The molecule has 1 aliphatic heterocycles. The van der Waals surface area contributed by atoms with Gasteiger partial charge in [-0.1, -0.05) is 29.8 Å². The van der Waals surface area contributed by atoms with Crippen molar-refractivity contribution >= 4 is 23.3 Å². The summed E-state index contributed by atoms with van der Waals surface area (Å²) in [6.07, 6.45) is 5.15. The van der Waals surface area contributed by atoms with Crippen LogP contribution >= 0.6 is 11.6 Å². The average molecular weight is 360 g/mol. The lowest BCUT2D eigenvalue weighted by Gasteiger charge is -2.37. The van der Waals surface area contributed by atoms with Gasteiger partial charge in [0.15, 0.2) is 0 Å². The number of hydrogen-bond acceptors (Lipinski definition) is 5. The van der Waals surface area contributed by atoms with Crippen LogP contribution in [0.15, 0.2) is 42.9 Å². The fourth-order valence-corrected chi connectivity index (χ4v) is 3.13. The molecule has 0 saturated carbocycles. The van der Waals surface area contributed by atoms with Crippen molar-refractivity contribution in [2.24, 2.45) is 0 Å². The molecule has 1 amide bonds. The molecule has 2 aromatic rings. The van der Waals surface area contributed by atoms with E-state index in [0.29, 0.717) is 11.6 Å². The first-order valence-corrected chi connectivity index (χ1v) is 8.79. The van der Waals surface area contributed by atoms with Crippen LogP contribution in [0.4, 0.5) is 5.82 Å². The van der Waals surface area contributed by atoms with Crippen LogP contribution in [0.5, 0.6) is 0 Å². The quantitative estimate of drug-likeness (QED) is 0.884. The van der Waals surface area contributed by atoms with Crippen LogP contribution in [0.25, 0.3) is 0 Å². The Bertz CT molecular complexity index is 704. The van der Waals surface area contributed by atoms with Crippen LogP contribution in [0.2, 0.25) is 5.02 Å². The molecule has 2 heterocycles.